The fourth-order valence-electron chi connectivity index (χ4n) is 1.50. The fourth-order valence-corrected chi connectivity index (χ4v) is 1.50. The minimum atomic E-state index is -0.00197. The molecule has 0 atom stereocenters. The van der Waals surface area contributed by atoms with E-state index in [0.717, 1.165) is 26.2 Å². The van der Waals surface area contributed by atoms with E-state index in [9.17, 15) is 0 Å². The maximum absolute atomic E-state index is 5.80. The standard InChI is InChI=1S/C10H21NO2/c1-10(2,3)13-9-7-11(8-9)5-6-12-4/h9H,5-8H2,1-4H3. The molecule has 1 aliphatic rings. The molecular weight excluding hydrogens is 166 g/mol. The highest BCUT2D eigenvalue weighted by Crippen LogP contribution is 2.18. The molecule has 3 nitrogen and oxygen atoms in total. The van der Waals surface area contributed by atoms with Crippen molar-refractivity contribution in [3.05, 3.63) is 0 Å². The van der Waals surface area contributed by atoms with Gasteiger partial charge >= 0.3 is 0 Å². The van der Waals surface area contributed by atoms with Gasteiger partial charge in [0.15, 0.2) is 0 Å². The smallest absolute Gasteiger partial charge is 0.0835 e. The molecular formula is C10H21NO2. The van der Waals surface area contributed by atoms with Crippen LogP contribution >= 0.6 is 0 Å². The maximum atomic E-state index is 5.80. The van der Waals surface area contributed by atoms with Gasteiger partial charge in [-0.15, -0.1) is 0 Å². The van der Waals surface area contributed by atoms with Gasteiger partial charge in [-0.2, -0.15) is 0 Å². The molecule has 0 N–H and O–H groups in total. The number of nitrogens with zero attached hydrogens (tertiary/aromatic N) is 1. The second-order valence-electron chi connectivity index (χ2n) is 4.60. The number of hydrogen-bond donors (Lipinski definition) is 0. The molecule has 13 heavy (non-hydrogen) atoms. The van der Waals surface area contributed by atoms with E-state index >= 15 is 0 Å². The van der Waals surface area contributed by atoms with Crippen LogP contribution in [0, 0.1) is 0 Å². The SMILES string of the molecule is COCCN1CC(OC(C)(C)C)C1. The Morgan fingerprint density at radius 1 is 1.31 bits per heavy atom. The summed E-state index contributed by atoms with van der Waals surface area (Å²) in [6.07, 6.45) is 0.428. The van der Waals surface area contributed by atoms with Gasteiger partial charge < -0.3 is 9.47 Å². The van der Waals surface area contributed by atoms with Crippen LogP contribution in [0.3, 0.4) is 0 Å². The number of methoxy groups -OCH3 is 1. The molecule has 0 amide bonds. The van der Waals surface area contributed by atoms with E-state index in [2.05, 4.69) is 25.7 Å². The second kappa shape index (κ2) is 4.40. The number of likely N-dealkylation sites (tertiary alicyclic amines) is 1. The normalized spacial score (nSPS) is 20.3. The third-order valence-electron chi connectivity index (χ3n) is 2.06. The minimum Gasteiger partial charge on any atom is -0.383 e. The Balaban J connectivity index is 2.05. The lowest BCUT2D eigenvalue weighted by Gasteiger charge is -2.41. The summed E-state index contributed by atoms with van der Waals surface area (Å²) < 4.78 is 10.8. The predicted molar refractivity (Wildman–Crippen MR) is 52.9 cm³/mol. The summed E-state index contributed by atoms with van der Waals surface area (Å²) in [4.78, 5) is 2.35. The van der Waals surface area contributed by atoms with Crippen molar-refractivity contribution in [3.8, 4) is 0 Å². The van der Waals surface area contributed by atoms with Crippen molar-refractivity contribution in [2.75, 3.05) is 33.4 Å². The van der Waals surface area contributed by atoms with Crippen LogP contribution in [0.4, 0.5) is 0 Å². The Morgan fingerprint density at radius 2 is 1.92 bits per heavy atom. The molecule has 1 rings (SSSR count). The Bertz CT molecular complexity index is 147. The van der Waals surface area contributed by atoms with Gasteiger partial charge in [0.2, 0.25) is 0 Å². The zero-order valence-corrected chi connectivity index (χ0v) is 9.17. The lowest BCUT2D eigenvalue weighted by Crippen LogP contribution is -2.55. The molecule has 0 unspecified atom stereocenters. The van der Waals surface area contributed by atoms with Crippen LogP contribution in [0.2, 0.25) is 0 Å². The molecule has 1 heterocycles. The molecule has 3 heteroatoms. The minimum absolute atomic E-state index is 0.00197. The van der Waals surface area contributed by atoms with Crippen LogP contribution in [-0.4, -0.2) is 50.0 Å². The van der Waals surface area contributed by atoms with E-state index in [0.29, 0.717) is 6.10 Å². The van der Waals surface area contributed by atoms with Gasteiger partial charge in [0.25, 0.3) is 0 Å². The summed E-state index contributed by atoms with van der Waals surface area (Å²) in [5, 5.41) is 0. The van der Waals surface area contributed by atoms with Crippen LogP contribution in [0.1, 0.15) is 20.8 Å². The molecule has 1 fully saturated rings. The summed E-state index contributed by atoms with van der Waals surface area (Å²) >= 11 is 0. The topological polar surface area (TPSA) is 21.7 Å². The van der Waals surface area contributed by atoms with E-state index in [1.165, 1.54) is 0 Å². The van der Waals surface area contributed by atoms with Gasteiger partial charge in [0.1, 0.15) is 0 Å². The lowest BCUT2D eigenvalue weighted by atomic mass is 10.1. The molecule has 1 aliphatic heterocycles. The van der Waals surface area contributed by atoms with Gasteiger partial charge in [-0.1, -0.05) is 0 Å². The van der Waals surface area contributed by atoms with Crippen molar-refractivity contribution in [1.82, 2.24) is 4.90 Å². The van der Waals surface area contributed by atoms with E-state index in [1.807, 2.05) is 0 Å². The van der Waals surface area contributed by atoms with Crippen LogP contribution in [-0.2, 0) is 9.47 Å². The molecule has 0 saturated carbocycles. The van der Waals surface area contributed by atoms with Crippen LogP contribution < -0.4 is 0 Å². The monoisotopic (exact) mass is 187 g/mol. The Morgan fingerprint density at radius 3 is 2.38 bits per heavy atom. The molecule has 0 aliphatic carbocycles. The Labute approximate surface area is 81.0 Å². The van der Waals surface area contributed by atoms with Crippen molar-refractivity contribution in [2.45, 2.75) is 32.5 Å². The summed E-state index contributed by atoms with van der Waals surface area (Å²) in [6.45, 7) is 10.3. The predicted octanol–water partition coefficient (Wildman–Crippen LogP) is 1.13. The van der Waals surface area contributed by atoms with Gasteiger partial charge in [0, 0.05) is 26.7 Å². The van der Waals surface area contributed by atoms with Gasteiger partial charge in [-0.25, -0.2) is 0 Å². The summed E-state index contributed by atoms with van der Waals surface area (Å²) in [7, 11) is 1.74. The average Bonchev–Trinajstić information content (AvgIpc) is 1.91. The molecule has 78 valence electrons. The zero-order valence-electron chi connectivity index (χ0n) is 9.17. The van der Waals surface area contributed by atoms with Crippen LogP contribution in [0.25, 0.3) is 0 Å². The van der Waals surface area contributed by atoms with E-state index in [4.69, 9.17) is 9.47 Å². The van der Waals surface area contributed by atoms with Gasteiger partial charge in [0.05, 0.1) is 18.3 Å². The quantitative estimate of drug-likeness (QED) is 0.658. The largest absolute Gasteiger partial charge is 0.383 e. The highest BCUT2D eigenvalue weighted by atomic mass is 16.5. The first kappa shape index (κ1) is 11.0. The first-order chi connectivity index (χ1) is 6.01. The summed E-state index contributed by atoms with van der Waals surface area (Å²) in [6, 6.07) is 0. The summed E-state index contributed by atoms with van der Waals surface area (Å²) in [5.41, 5.74) is -0.00197. The molecule has 0 radical (unpaired) electrons. The first-order valence-corrected chi connectivity index (χ1v) is 4.90. The fraction of sp³-hybridized carbons (Fsp3) is 1.00. The third kappa shape index (κ3) is 4.07. The van der Waals surface area contributed by atoms with E-state index in [1.54, 1.807) is 7.11 Å². The summed E-state index contributed by atoms with van der Waals surface area (Å²) in [5.74, 6) is 0. The molecule has 1 saturated heterocycles. The van der Waals surface area contributed by atoms with Crippen molar-refractivity contribution < 1.29 is 9.47 Å². The van der Waals surface area contributed by atoms with E-state index < -0.39 is 0 Å². The second-order valence-corrected chi connectivity index (χ2v) is 4.60. The van der Waals surface area contributed by atoms with Gasteiger partial charge in [-0.3, -0.25) is 4.90 Å². The van der Waals surface area contributed by atoms with Crippen molar-refractivity contribution in [2.24, 2.45) is 0 Å². The number of ether oxygens (including phenoxy) is 2. The highest BCUT2D eigenvalue weighted by Gasteiger charge is 2.30. The van der Waals surface area contributed by atoms with Crippen molar-refractivity contribution in [3.63, 3.8) is 0 Å². The Kier molecular flexibility index (Phi) is 3.71. The lowest BCUT2D eigenvalue weighted by molar-refractivity contribution is -0.126. The average molecular weight is 187 g/mol. The Hall–Kier alpha value is -0.120. The van der Waals surface area contributed by atoms with E-state index in [-0.39, 0.29) is 5.60 Å². The number of rotatable bonds is 4. The zero-order chi connectivity index (χ0) is 9.90. The van der Waals surface area contributed by atoms with Gasteiger partial charge in [-0.05, 0) is 20.8 Å². The molecule has 0 aromatic rings. The van der Waals surface area contributed by atoms with Crippen LogP contribution in [0.15, 0.2) is 0 Å². The third-order valence-corrected chi connectivity index (χ3v) is 2.06. The highest BCUT2D eigenvalue weighted by molar-refractivity contribution is 4.82. The molecule has 0 spiro atoms. The van der Waals surface area contributed by atoms with Crippen LogP contribution in [0.5, 0.6) is 0 Å². The molecule has 0 aromatic heterocycles. The molecule has 0 aromatic carbocycles. The van der Waals surface area contributed by atoms with Crippen molar-refractivity contribution in [1.29, 1.82) is 0 Å². The maximum Gasteiger partial charge on any atom is 0.0835 e. The van der Waals surface area contributed by atoms with Crippen molar-refractivity contribution >= 4 is 0 Å². The first-order valence-electron chi connectivity index (χ1n) is 4.90. The molecule has 0 bridgehead atoms. The number of hydrogen-bond acceptors (Lipinski definition) is 3.